The van der Waals surface area contributed by atoms with E-state index in [1.807, 2.05) is 0 Å². The van der Waals surface area contributed by atoms with E-state index < -0.39 is 8.56 Å². The van der Waals surface area contributed by atoms with Gasteiger partial charge in [-0.3, -0.25) is 0 Å². The van der Waals surface area contributed by atoms with Crippen LogP contribution < -0.4 is 0 Å². The summed E-state index contributed by atoms with van der Waals surface area (Å²) in [7, 11) is 2.62. The van der Waals surface area contributed by atoms with E-state index in [-0.39, 0.29) is 12.7 Å². The highest BCUT2D eigenvalue weighted by Crippen LogP contribution is 2.21. The van der Waals surface area contributed by atoms with Gasteiger partial charge in [0.2, 0.25) is 0 Å². The standard InChI is InChI=1S/C35H74NO5Si/c1-5-6-7-8-9-10-11-12-13-14-15-16-17-18-19-21-26-36(2,3)27-24-33-42(4)40-30-25-35(39-31-32-41-42)34-38-29-23-20-22-28-37/h35,37H,5-34H2,1-4H3/q+1. The molecule has 0 aromatic rings. The SMILES string of the molecule is CCCCCCCCCCCCCCCCCC[N+](C)(C)CCC[Si]1(C)OCCOC(COCCCCCO)CCO1. The highest BCUT2D eigenvalue weighted by Gasteiger charge is 2.33. The molecule has 0 aromatic carbocycles. The zero-order valence-corrected chi connectivity index (χ0v) is 29.8. The fourth-order valence-corrected chi connectivity index (χ4v) is 8.25. The van der Waals surface area contributed by atoms with Crippen LogP contribution in [0, 0.1) is 0 Å². The molecular weight excluding hydrogens is 542 g/mol. The minimum absolute atomic E-state index is 0.0816. The van der Waals surface area contributed by atoms with Gasteiger partial charge in [-0.15, -0.1) is 0 Å². The number of aliphatic hydroxyl groups excluding tert-OH is 1. The molecule has 0 aromatic heterocycles. The molecule has 0 radical (unpaired) electrons. The van der Waals surface area contributed by atoms with Gasteiger partial charge in [0.25, 0.3) is 0 Å². The third-order valence-electron chi connectivity index (χ3n) is 8.95. The molecule has 1 aliphatic heterocycles. The monoisotopic (exact) mass is 617 g/mol. The maximum Gasteiger partial charge on any atom is 0.335 e. The van der Waals surface area contributed by atoms with Gasteiger partial charge in [-0.1, -0.05) is 96.8 Å². The summed E-state index contributed by atoms with van der Waals surface area (Å²) in [4.78, 5) is 0. The molecule has 42 heavy (non-hydrogen) atoms. The lowest BCUT2D eigenvalue weighted by Crippen LogP contribution is -2.44. The Kier molecular flexibility index (Phi) is 26.0. The second kappa shape index (κ2) is 27.3. The Labute approximate surface area is 263 Å². The maximum atomic E-state index is 8.88. The number of aliphatic hydroxyl groups is 1. The summed E-state index contributed by atoms with van der Waals surface area (Å²) in [6.07, 6.45) is 27.8. The van der Waals surface area contributed by atoms with Crippen molar-refractivity contribution >= 4 is 8.56 Å². The molecule has 0 bridgehead atoms. The van der Waals surface area contributed by atoms with E-state index in [0.29, 0.717) is 26.4 Å². The van der Waals surface area contributed by atoms with E-state index in [0.717, 1.165) is 49.2 Å². The molecule has 1 saturated heterocycles. The average Bonchev–Trinajstić information content (AvgIpc) is 3.05. The molecule has 2 atom stereocenters. The summed E-state index contributed by atoms with van der Waals surface area (Å²) in [6.45, 7) is 10.5. The lowest BCUT2D eigenvalue weighted by Gasteiger charge is -2.32. The largest absolute Gasteiger partial charge is 0.396 e. The third kappa shape index (κ3) is 24.3. The minimum atomic E-state index is -2.16. The van der Waals surface area contributed by atoms with Gasteiger partial charge >= 0.3 is 8.56 Å². The van der Waals surface area contributed by atoms with Crippen molar-refractivity contribution in [2.24, 2.45) is 0 Å². The predicted octanol–water partition coefficient (Wildman–Crippen LogP) is 8.79. The van der Waals surface area contributed by atoms with E-state index in [1.165, 1.54) is 116 Å². The first-order valence-electron chi connectivity index (χ1n) is 18.3. The van der Waals surface area contributed by atoms with Gasteiger partial charge in [-0.25, -0.2) is 0 Å². The van der Waals surface area contributed by atoms with Crippen LogP contribution in [-0.2, 0) is 18.3 Å². The Bertz CT molecular complexity index is 582. The lowest BCUT2D eigenvalue weighted by atomic mass is 10.0. The first kappa shape index (κ1) is 40.0. The molecule has 1 rings (SSSR count). The number of ether oxygens (including phenoxy) is 2. The summed E-state index contributed by atoms with van der Waals surface area (Å²) in [5, 5.41) is 8.88. The molecule has 252 valence electrons. The van der Waals surface area contributed by atoms with E-state index in [9.17, 15) is 0 Å². The van der Waals surface area contributed by atoms with E-state index >= 15 is 0 Å². The Morgan fingerprint density at radius 3 is 1.79 bits per heavy atom. The van der Waals surface area contributed by atoms with Crippen LogP contribution in [0.5, 0.6) is 0 Å². The maximum absolute atomic E-state index is 8.88. The van der Waals surface area contributed by atoms with Crippen molar-refractivity contribution in [2.45, 2.75) is 160 Å². The molecule has 2 unspecified atom stereocenters. The molecule has 1 aliphatic rings. The van der Waals surface area contributed by atoms with Crippen LogP contribution in [0.25, 0.3) is 0 Å². The van der Waals surface area contributed by atoms with Gasteiger partial charge < -0.3 is 27.9 Å². The van der Waals surface area contributed by atoms with Crippen LogP contribution in [0.3, 0.4) is 0 Å². The predicted molar refractivity (Wildman–Crippen MR) is 180 cm³/mol. The van der Waals surface area contributed by atoms with E-state index in [2.05, 4.69) is 27.6 Å². The van der Waals surface area contributed by atoms with E-state index in [4.69, 9.17) is 23.4 Å². The molecule has 0 saturated carbocycles. The quantitative estimate of drug-likeness (QED) is 0.0541. The lowest BCUT2D eigenvalue weighted by molar-refractivity contribution is -0.890. The van der Waals surface area contributed by atoms with Crippen molar-refractivity contribution in [3.8, 4) is 0 Å². The van der Waals surface area contributed by atoms with Crippen molar-refractivity contribution in [1.82, 2.24) is 0 Å². The summed E-state index contributed by atoms with van der Waals surface area (Å²) in [5.41, 5.74) is 0. The van der Waals surface area contributed by atoms with Crippen molar-refractivity contribution in [3.05, 3.63) is 0 Å². The van der Waals surface area contributed by atoms with Crippen molar-refractivity contribution < 1.29 is 27.9 Å². The van der Waals surface area contributed by atoms with E-state index in [1.54, 1.807) is 0 Å². The summed E-state index contributed by atoms with van der Waals surface area (Å²) < 4.78 is 25.6. The smallest absolute Gasteiger partial charge is 0.335 e. The average molecular weight is 617 g/mol. The third-order valence-corrected chi connectivity index (χ3v) is 11.8. The number of nitrogens with zero attached hydrogens (tertiary/aromatic N) is 1. The topological polar surface area (TPSA) is 57.2 Å². The normalized spacial score (nSPS) is 20.4. The van der Waals surface area contributed by atoms with Gasteiger partial charge in [-0.05, 0) is 57.5 Å². The van der Waals surface area contributed by atoms with Crippen molar-refractivity contribution in [3.63, 3.8) is 0 Å². The van der Waals surface area contributed by atoms with Crippen LogP contribution in [0.4, 0.5) is 0 Å². The number of quaternary nitrogens is 1. The molecule has 0 amide bonds. The fourth-order valence-electron chi connectivity index (χ4n) is 6.01. The molecule has 1 N–H and O–H groups in total. The molecule has 6 nitrogen and oxygen atoms in total. The molecule has 7 heteroatoms. The zero-order valence-electron chi connectivity index (χ0n) is 28.8. The molecule has 1 fully saturated rings. The zero-order chi connectivity index (χ0) is 30.6. The summed E-state index contributed by atoms with van der Waals surface area (Å²) in [6, 6.07) is 1.06. The molecule has 0 spiro atoms. The van der Waals surface area contributed by atoms with Crippen LogP contribution in [0.15, 0.2) is 0 Å². The first-order valence-corrected chi connectivity index (χ1v) is 20.8. The fraction of sp³-hybridized carbons (Fsp3) is 1.00. The Balaban J connectivity index is 2.03. The Morgan fingerprint density at radius 2 is 1.19 bits per heavy atom. The number of unbranched alkanes of at least 4 members (excludes halogenated alkanes) is 17. The first-order chi connectivity index (χ1) is 20.4. The van der Waals surface area contributed by atoms with Crippen molar-refractivity contribution in [1.29, 1.82) is 0 Å². The number of hydrogen-bond acceptors (Lipinski definition) is 5. The molecular formula is C35H74NO5Si+. The summed E-state index contributed by atoms with van der Waals surface area (Å²) in [5.74, 6) is 0. The van der Waals surface area contributed by atoms with Gasteiger partial charge in [0.05, 0.1) is 53.1 Å². The minimum Gasteiger partial charge on any atom is -0.396 e. The van der Waals surface area contributed by atoms with Gasteiger partial charge in [0.15, 0.2) is 0 Å². The molecule has 0 aliphatic carbocycles. The van der Waals surface area contributed by atoms with Gasteiger partial charge in [-0.2, -0.15) is 0 Å². The van der Waals surface area contributed by atoms with Gasteiger partial charge in [0, 0.05) is 19.8 Å². The highest BCUT2D eigenvalue weighted by atomic mass is 28.4. The highest BCUT2D eigenvalue weighted by molar-refractivity contribution is 6.66. The van der Waals surface area contributed by atoms with Crippen LogP contribution in [0.1, 0.15) is 142 Å². The molecule has 1 heterocycles. The van der Waals surface area contributed by atoms with Crippen molar-refractivity contribution in [2.75, 3.05) is 66.8 Å². The Morgan fingerprint density at radius 1 is 0.667 bits per heavy atom. The number of hydrogen-bond donors (Lipinski definition) is 1. The Hall–Kier alpha value is -0.0231. The van der Waals surface area contributed by atoms with Crippen LogP contribution in [0.2, 0.25) is 12.6 Å². The van der Waals surface area contributed by atoms with Crippen LogP contribution >= 0.6 is 0 Å². The van der Waals surface area contributed by atoms with Crippen LogP contribution in [-0.4, -0.2) is 91.1 Å². The van der Waals surface area contributed by atoms with Gasteiger partial charge in [0.1, 0.15) is 0 Å². The second-order valence-corrected chi connectivity index (χ2v) is 17.1. The summed E-state index contributed by atoms with van der Waals surface area (Å²) >= 11 is 0. The number of rotatable bonds is 28. The second-order valence-electron chi connectivity index (χ2n) is 13.8.